The Morgan fingerprint density at radius 2 is 2.11 bits per heavy atom. The number of carbonyl (C=O) groups excluding carboxylic acids is 1. The van der Waals surface area contributed by atoms with Crippen molar-refractivity contribution in [2.45, 2.75) is 0 Å². The van der Waals surface area contributed by atoms with Crippen LogP contribution in [0.15, 0.2) is 41.0 Å². The van der Waals surface area contributed by atoms with Crippen LogP contribution in [-0.2, 0) is 0 Å². The smallest absolute Gasteiger partial charge is 0.259 e. The molecule has 0 spiro atoms. The molecular formula is C12H9BrFN3O. The van der Waals surface area contributed by atoms with E-state index in [-0.39, 0.29) is 5.56 Å². The number of hydrogen-bond donors (Lipinski definition) is 2. The van der Waals surface area contributed by atoms with E-state index in [0.717, 1.165) is 10.5 Å². The fourth-order valence-electron chi connectivity index (χ4n) is 1.35. The average Bonchev–Trinajstić information content (AvgIpc) is 2.35. The van der Waals surface area contributed by atoms with E-state index in [1.165, 1.54) is 18.3 Å². The number of nitrogens with zero attached hydrogens (tertiary/aromatic N) is 1. The predicted octanol–water partition coefficient (Wildman–Crippen LogP) is 2.82. The molecule has 2 aromatic rings. The second-order valence-electron chi connectivity index (χ2n) is 3.56. The van der Waals surface area contributed by atoms with Crippen molar-refractivity contribution in [1.29, 1.82) is 0 Å². The van der Waals surface area contributed by atoms with Crippen LogP contribution in [0.1, 0.15) is 10.4 Å². The minimum Gasteiger partial charge on any atom is -0.399 e. The molecule has 1 aromatic heterocycles. The fourth-order valence-corrected chi connectivity index (χ4v) is 1.58. The topological polar surface area (TPSA) is 68.0 Å². The molecule has 1 aromatic carbocycles. The standard InChI is InChI=1S/C12H9BrFN3O/c13-7-1-4-11(16-6-7)17-12(18)9-5-8(15)2-3-10(9)14/h1-6H,15H2,(H,16,17,18). The number of nitrogens with one attached hydrogen (secondary N) is 1. The lowest BCUT2D eigenvalue weighted by Gasteiger charge is -2.06. The molecule has 0 fully saturated rings. The van der Waals surface area contributed by atoms with Gasteiger partial charge < -0.3 is 11.1 Å². The molecule has 0 atom stereocenters. The first-order valence-electron chi connectivity index (χ1n) is 5.04. The molecule has 0 saturated carbocycles. The lowest BCUT2D eigenvalue weighted by Crippen LogP contribution is -2.15. The Hall–Kier alpha value is -1.95. The summed E-state index contributed by atoms with van der Waals surface area (Å²) in [4.78, 5) is 15.8. The number of carbonyl (C=O) groups is 1. The van der Waals surface area contributed by atoms with Gasteiger partial charge >= 0.3 is 0 Å². The summed E-state index contributed by atoms with van der Waals surface area (Å²) in [5.41, 5.74) is 5.72. The highest BCUT2D eigenvalue weighted by atomic mass is 79.9. The molecule has 0 aliphatic heterocycles. The molecule has 0 aliphatic carbocycles. The van der Waals surface area contributed by atoms with Gasteiger partial charge in [-0.2, -0.15) is 0 Å². The number of anilines is 2. The third kappa shape index (κ3) is 2.84. The Balaban J connectivity index is 2.21. The van der Waals surface area contributed by atoms with Crippen LogP contribution in [0.3, 0.4) is 0 Å². The highest BCUT2D eigenvalue weighted by molar-refractivity contribution is 9.10. The summed E-state index contributed by atoms with van der Waals surface area (Å²) in [5, 5.41) is 2.49. The van der Waals surface area contributed by atoms with Gasteiger partial charge in [0.1, 0.15) is 11.6 Å². The monoisotopic (exact) mass is 309 g/mol. The normalized spacial score (nSPS) is 10.1. The highest BCUT2D eigenvalue weighted by Crippen LogP contribution is 2.15. The van der Waals surface area contributed by atoms with E-state index in [1.807, 2.05) is 0 Å². The van der Waals surface area contributed by atoms with Crippen molar-refractivity contribution in [2.24, 2.45) is 0 Å². The van der Waals surface area contributed by atoms with E-state index in [9.17, 15) is 9.18 Å². The van der Waals surface area contributed by atoms with Crippen molar-refractivity contribution < 1.29 is 9.18 Å². The number of rotatable bonds is 2. The minimum atomic E-state index is -0.626. The predicted molar refractivity (Wildman–Crippen MR) is 70.7 cm³/mol. The highest BCUT2D eigenvalue weighted by Gasteiger charge is 2.12. The molecule has 1 amide bonds. The van der Waals surface area contributed by atoms with Crippen LogP contribution in [0.4, 0.5) is 15.9 Å². The maximum atomic E-state index is 13.4. The van der Waals surface area contributed by atoms with Gasteiger partial charge in [0.15, 0.2) is 0 Å². The fraction of sp³-hybridized carbons (Fsp3) is 0. The molecule has 18 heavy (non-hydrogen) atoms. The first kappa shape index (κ1) is 12.5. The zero-order valence-corrected chi connectivity index (χ0v) is 10.7. The van der Waals surface area contributed by atoms with Gasteiger partial charge in [-0.1, -0.05) is 0 Å². The van der Waals surface area contributed by atoms with Crippen molar-refractivity contribution in [3.05, 3.63) is 52.4 Å². The molecule has 3 N–H and O–H groups in total. The number of nitrogen functional groups attached to an aromatic ring is 1. The molecule has 1 heterocycles. The van der Waals surface area contributed by atoms with Crippen molar-refractivity contribution in [3.63, 3.8) is 0 Å². The third-order valence-corrected chi connectivity index (χ3v) is 2.67. The van der Waals surface area contributed by atoms with Gasteiger partial charge in [-0.3, -0.25) is 4.79 Å². The Kier molecular flexibility index (Phi) is 3.57. The van der Waals surface area contributed by atoms with E-state index in [4.69, 9.17) is 5.73 Å². The number of nitrogens with two attached hydrogens (primary N) is 1. The molecule has 4 nitrogen and oxygen atoms in total. The largest absolute Gasteiger partial charge is 0.399 e. The summed E-state index contributed by atoms with van der Waals surface area (Å²) in [6.07, 6.45) is 1.53. The van der Waals surface area contributed by atoms with E-state index >= 15 is 0 Å². The third-order valence-electron chi connectivity index (χ3n) is 2.20. The summed E-state index contributed by atoms with van der Waals surface area (Å²) in [5.74, 6) is -0.876. The van der Waals surface area contributed by atoms with E-state index in [2.05, 4.69) is 26.2 Å². The van der Waals surface area contributed by atoms with Crippen LogP contribution in [-0.4, -0.2) is 10.9 Å². The van der Waals surface area contributed by atoms with Crippen molar-refractivity contribution in [3.8, 4) is 0 Å². The van der Waals surface area contributed by atoms with Gasteiger partial charge in [0.2, 0.25) is 0 Å². The number of benzene rings is 1. The van der Waals surface area contributed by atoms with Gasteiger partial charge in [0.05, 0.1) is 5.56 Å². The van der Waals surface area contributed by atoms with Crippen LogP contribution in [0.25, 0.3) is 0 Å². The summed E-state index contributed by atoms with van der Waals surface area (Å²) < 4.78 is 14.2. The lowest BCUT2D eigenvalue weighted by molar-refractivity contribution is 0.102. The van der Waals surface area contributed by atoms with E-state index in [0.29, 0.717) is 11.5 Å². The Bertz CT molecular complexity index is 586. The molecule has 92 valence electrons. The quantitative estimate of drug-likeness (QED) is 0.838. The molecule has 6 heteroatoms. The molecule has 0 unspecified atom stereocenters. The van der Waals surface area contributed by atoms with E-state index < -0.39 is 11.7 Å². The zero-order chi connectivity index (χ0) is 13.1. The number of aromatic nitrogens is 1. The second kappa shape index (κ2) is 5.14. The number of pyridine rings is 1. The van der Waals surface area contributed by atoms with Crippen molar-refractivity contribution in [2.75, 3.05) is 11.1 Å². The van der Waals surface area contributed by atoms with Crippen molar-refractivity contribution >= 4 is 33.3 Å². The lowest BCUT2D eigenvalue weighted by atomic mass is 10.2. The zero-order valence-electron chi connectivity index (χ0n) is 9.15. The van der Waals surface area contributed by atoms with Crippen LogP contribution >= 0.6 is 15.9 Å². The number of hydrogen-bond acceptors (Lipinski definition) is 3. The Labute approximate surface area is 111 Å². The van der Waals surface area contributed by atoms with Gasteiger partial charge in [-0.05, 0) is 46.3 Å². The van der Waals surface area contributed by atoms with Crippen LogP contribution in [0, 0.1) is 5.82 Å². The number of halogens is 2. The minimum absolute atomic E-state index is 0.111. The van der Waals surface area contributed by atoms with Crippen LogP contribution in [0.5, 0.6) is 0 Å². The summed E-state index contributed by atoms with van der Waals surface area (Å²) in [6.45, 7) is 0. The summed E-state index contributed by atoms with van der Waals surface area (Å²) in [6, 6.07) is 7.15. The average molecular weight is 310 g/mol. The van der Waals surface area contributed by atoms with Gasteiger partial charge in [0.25, 0.3) is 5.91 Å². The summed E-state index contributed by atoms with van der Waals surface area (Å²) in [7, 11) is 0. The Morgan fingerprint density at radius 3 is 2.78 bits per heavy atom. The molecule has 0 radical (unpaired) electrons. The molecule has 2 rings (SSSR count). The summed E-state index contributed by atoms with van der Waals surface area (Å²) >= 11 is 3.23. The molecule has 0 saturated heterocycles. The first-order chi connectivity index (χ1) is 8.56. The maximum absolute atomic E-state index is 13.4. The van der Waals surface area contributed by atoms with E-state index in [1.54, 1.807) is 12.1 Å². The van der Waals surface area contributed by atoms with Gasteiger partial charge in [-0.25, -0.2) is 9.37 Å². The first-order valence-corrected chi connectivity index (χ1v) is 5.83. The van der Waals surface area contributed by atoms with Gasteiger partial charge in [0, 0.05) is 16.4 Å². The SMILES string of the molecule is Nc1ccc(F)c(C(=O)Nc2ccc(Br)cn2)c1. The molecular weight excluding hydrogens is 301 g/mol. The van der Waals surface area contributed by atoms with Crippen molar-refractivity contribution in [1.82, 2.24) is 4.98 Å². The Morgan fingerprint density at radius 1 is 1.33 bits per heavy atom. The van der Waals surface area contributed by atoms with Crippen LogP contribution < -0.4 is 11.1 Å². The molecule has 0 bridgehead atoms. The second-order valence-corrected chi connectivity index (χ2v) is 4.47. The number of amides is 1. The molecule has 0 aliphatic rings. The van der Waals surface area contributed by atoms with Crippen LogP contribution in [0.2, 0.25) is 0 Å². The maximum Gasteiger partial charge on any atom is 0.259 e. The van der Waals surface area contributed by atoms with Gasteiger partial charge in [-0.15, -0.1) is 0 Å².